The van der Waals surface area contributed by atoms with Gasteiger partial charge in [-0.2, -0.15) is 0 Å². The molecule has 0 aliphatic carbocycles. The summed E-state index contributed by atoms with van der Waals surface area (Å²) in [5, 5.41) is 0. The largest absolute Gasteiger partial charge is 0.420 e. The van der Waals surface area contributed by atoms with Crippen molar-refractivity contribution in [3.63, 3.8) is 0 Å². The SMILES string of the molecule is CO[Si](C)(C)C(C)C. The van der Waals surface area contributed by atoms with Crippen LogP contribution in [0.4, 0.5) is 0 Å². The molecule has 0 N–H and O–H groups in total. The van der Waals surface area contributed by atoms with Gasteiger partial charge in [-0.05, 0) is 18.6 Å². The molecule has 0 unspecified atom stereocenters. The molecular formula is C6H16OSi. The van der Waals surface area contributed by atoms with Crippen LogP contribution in [-0.4, -0.2) is 15.4 Å². The Kier molecular flexibility index (Phi) is 2.70. The molecule has 0 spiro atoms. The zero-order valence-corrected chi connectivity index (χ0v) is 7.49. The molecule has 0 heterocycles. The molecule has 0 aliphatic heterocycles. The van der Waals surface area contributed by atoms with E-state index in [4.69, 9.17) is 4.43 Å². The van der Waals surface area contributed by atoms with Crippen molar-refractivity contribution in [1.29, 1.82) is 0 Å². The Morgan fingerprint density at radius 1 is 1.25 bits per heavy atom. The van der Waals surface area contributed by atoms with E-state index in [-0.39, 0.29) is 0 Å². The smallest absolute Gasteiger partial charge is 0.188 e. The van der Waals surface area contributed by atoms with E-state index in [9.17, 15) is 0 Å². The van der Waals surface area contributed by atoms with E-state index in [1.807, 2.05) is 7.11 Å². The molecule has 0 atom stereocenters. The highest BCUT2D eigenvalue weighted by atomic mass is 28.4. The molecule has 0 aromatic rings. The molecule has 2 heteroatoms. The predicted molar refractivity (Wildman–Crippen MR) is 39.6 cm³/mol. The molecule has 1 nitrogen and oxygen atoms in total. The van der Waals surface area contributed by atoms with E-state index < -0.39 is 8.32 Å². The van der Waals surface area contributed by atoms with Gasteiger partial charge in [0.2, 0.25) is 0 Å². The molecule has 0 saturated carbocycles. The second kappa shape index (κ2) is 2.64. The van der Waals surface area contributed by atoms with Crippen molar-refractivity contribution in [2.75, 3.05) is 7.11 Å². The topological polar surface area (TPSA) is 9.23 Å². The fourth-order valence-corrected chi connectivity index (χ4v) is 0.707. The fourth-order valence-electron chi connectivity index (χ4n) is 0.236. The van der Waals surface area contributed by atoms with Gasteiger partial charge in [0.15, 0.2) is 8.32 Å². The van der Waals surface area contributed by atoms with Crippen LogP contribution in [0.5, 0.6) is 0 Å². The Bertz CT molecular complexity index is 68.9. The Morgan fingerprint density at radius 3 is 1.62 bits per heavy atom. The lowest BCUT2D eigenvalue weighted by atomic mass is 10.6. The van der Waals surface area contributed by atoms with Crippen molar-refractivity contribution in [2.24, 2.45) is 0 Å². The van der Waals surface area contributed by atoms with Gasteiger partial charge in [-0.3, -0.25) is 0 Å². The van der Waals surface area contributed by atoms with Gasteiger partial charge < -0.3 is 4.43 Å². The standard InChI is InChI=1S/C6H16OSi/c1-6(2)8(4,5)7-3/h6H,1-5H3. The summed E-state index contributed by atoms with van der Waals surface area (Å²) >= 11 is 0. The molecule has 0 rings (SSSR count). The molecule has 0 radical (unpaired) electrons. The summed E-state index contributed by atoms with van der Waals surface area (Å²) in [6, 6.07) is 0. The molecule has 0 saturated heterocycles. The maximum atomic E-state index is 5.34. The zero-order valence-electron chi connectivity index (χ0n) is 6.49. The minimum atomic E-state index is -1.25. The lowest BCUT2D eigenvalue weighted by Crippen LogP contribution is -2.32. The predicted octanol–water partition coefficient (Wildman–Crippen LogP) is 2.25. The molecular weight excluding hydrogens is 116 g/mol. The summed E-state index contributed by atoms with van der Waals surface area (Å²) in [6.07, 6.45) is 0. The molecule has 0 aromatic carbocycles. The van der Waals surface area contributed by atoms with E-state index >= 15 is 0 Å². The third-order valence-electron chi connectivity index (χ3n) is 1.92. The summed E-state index contributed by atoms with van der Waals surface area (Å²) in [6.45, 7) is 8.90. The molecule has 8 heavy (non-hydrogen) atoms. The van der Waals surface area contributed by atoms with E-state index in [1.54, 1.807) is 0 Å². The number of hydrogen-bond acceptors (Lipinski definition) is 1. The Balaban J connectivity index is 3.71. The molecule has 0 aliphatic rings. The van der Waals surface area contributed by atoms with Crippen molar-refractivity contribution in [3.8, 4) is 0 Å². The minimum Gasteiger partial charge on any atom is -0.420 e. The van der Waals surface area contributed by atoms with Crippen molar-refractivity contribution in [2.45, 2.75) is 32.5 Å². The first-order valence-electron chi connectivity index (χ1n) is 3.06. The van der Waals surface area contributed by atoms with Crippen LogP contribution in [0.25, 0.3) is 0 Å². The van der Waals surface area contributed by atoms with Crippen LogP contribution in [0, 0.1) is 0 Å². The Labute approximate surface area is 53.2 Å². The Morgan fingerprint density at radius 2 is 1.62 bits per heavy atom. The van der Waals surface area contributed by atoms with E-state index in [2.05, 4.69) is 26.9 Å². The van der Waals surface area contributed by atoms with Crippen LogP contribution in [0.1, 0.15) is 13.8 Å². The van der Waals surface area contributed by atoms with Crippen LogP contribution in [0.2, 0.25) is 18.6 Å². The third-order valence-corrected chi connectivity index (χ3v) is 5.75. The summed E-state index contributed by atoms with van der Waals surface area (Å²) in [4.78, 5) is 0. The fraction of sp³-hybridized carbons (Fsp3) is 1.00. The van der Waals surface area contributed by atoms with Gasteiger partial charge in [-0.25, -0.2) is 0 Å². The van der Waals surface area contributed by atoms with Crippen LogP contribution in [0.15, 0.2) is 0 Å². The first-order valence-corrected chi connectivity index (χ1v) is 6.04. The van der Waals surface area contributed by atoms with Gasteiger partial charge in [-0.15, -0.1) is 0 Å². The second-order valence-electron chi connectivity index (χ2n) is 2.96. The van der Waals surface area contributed by atoms with Crippen molar-refractivity contribution >= 4 is 8.32 Å². The molecule has 0 bridgehead atoms. The van der Waals surface area contributed by atoms with Crippen molar-refractivity contribution in [3.05, 3.63) is 0 Å². The zero-order chi connectivity index (χ0) is 6.78. The van der Waals surface area contributed by atoms with Gasteiger partial charge in [0.1, 0.15) is 0 Å². The van der Waals surface area contributed by atoms with Gasteiger partial charge in [0, 0.05) is 7.11 Å². The second-order valence-corrected chi connectivity index (χ2v) is 7.73. The molecule has 50 valence electrons. The highest BCUT2D eigenvalue weighted by Gasteiger charge is 2.24. The van der Waals surface area contributed by atoms with Gasteiger partial charge in [0.25, 0.3) is 0 Å². The van der Waals surface area contributed by atoms with Crippen molar-refractivity contribution < 1.29 is 4.43 Å². The quantitative estimate of drug-likeness (QED) is 0.524. The summed E-state index contributed by atoms with van der Waals surface area (Å²) in [7, 11) is 0.557. The van der Waals surface area contributed by atoms with Gasteiger partial charge in [0.05, 0.1) is 0 Å². The number of rotatable bonds is 2. The first-order chi connectivity index (χ1) is 3.50. The molecule has 0 fully saturated rings. The van der Waals surface area contributed by atoms with E-state index in [0.717, 1.165) is 5.54 Å². The van der Waals surface area contributed by atoms with Gasteiger partial charge in [-0.1, -0.05) is 13.8 Å². The summed E-state index contributed by atoms with van der Waals surface area (Å²) < 4.78 is 5.34. The van der Waals surface area contributed by atoms with Crippen molar-refractivity contribution in [1.82, 2.24) is 0 Å². The molecule has 0 aromatic heterocycles. The van der Waals surface area contributed by atoms with Crippen LogP contribution in [-0.2, 0) is 4.43 Å². The Hall–Kier alpha value is 0.177. The maximum Gasteiger partial charge on any atom is 0.188 e. The average Bonchev–Trinajstić information content (AvgIpc) is 1.67. The normalized spacial score (nSPS) is 12.8. The lowest BCUT2D eigenvalue weighted by Gasteiger charge is -2.23. The number of hydrogen-bond donors (Lipinski definition) is 0. The van der Waals surface area contributed by atoms with Crippen LogP contribution in [0.3, 0.4) is 0 Å². The molecule has 0 amide bonds. The lowest BCUT2D eigenvalue weighted by molar-refractivity contribution is 0.395. The van der Waals surface area contributed by atoms with Crippen LogP contribution >= 0.6 is 0 Å². The monoisotopic (exact) mass is 132 g/mol. The van der Waals surface area contributed by atoms with E-state index in [0.29, 0.717) is 0 Å². The first kappa shape index (κ1) is 8.18. The van der Waals surface area contributed by atoms with E-state index in [1.165, 1.54) is 0 Å². The average molecular weight is 132 g/mol. The minimum absolute atomic E-state index is 0.729. The summed E-state index contributed by atoms with van der Waals surface area (Å²) in [5.74, 6) is 0. The summed E-state index contributed by atoms with van der Waals surface area (Å²) in [5.41, 5.74) is 0.729. The highest BCUT2D eigenvalue weighted by molar-refractivity contribution is 6.72. The maximum absolute atomic E-state index is 5.34. The van der Waals surface area contributed by atoms with Gasteiger partial charge >= 0.3 is 0 Å². The third kappa shape index (κ3) is 1.97. The highest BCUT2D eigenvalue weighted by Crippen LogP contribution is 2.19. The van der Waals surface area contributed by atoms with Crippen LogP contribution < -0.4 is 0 Å².